The van der Waals surface area contributed by atoms with Gasteiger partial charge in [-0.1, -0.05) is 37.6 Å². The zero-order chi connectivity index (χ0) is 18.4. The standard InChI is InChI=1S/C18H24N2O3S2/c1-13(2)11-17(18(21)19-12-15-5-4-10-24-15)20-25(22,23)16-8-6-14(3)7-9-16/h4-10,13,17,20H,11-12H2,1-3H3,(H,19,21). The van der Waals surface area contributed by atoms with Crippen molar-refractivity contribution in [1.29, 1.82) is 0 Å². The van der Waals surface area contributed by atoms with Gasteiger partial charge in [0, 0.05) is 4.88 Å². The highest BCUT2D eigenvalue weighted by atomic mass is 32.2. The number of thiophene rings is 1. The lowest BCUT2D eigenvalue weighted by Crippen LogP contribution is -2.47. The van der Waals surface area contributed by atoms with Crippen LogP contribution in [0, 0.1) is 12.8 Å². The molecule has 0 aliphatic heterocycles. The predicted molar refractivity (Wildman–Crippen MR) is 101 cm³/mol. The SMILES string of the molecule is Cc1ccc(S(=O)(=O)NC(CC(C)C)C(=O)NCc2cccs2)cc1. The first-order chi connectivity index (χ1) is 11.8. The average molecular weight is 381 g/mol. The molecule has 7 heteroatoms. The lowest BCUT2D eigenvalue weighted by molar-refractivity contribution is -0.123. The third kappa shape index (κ3) is 5.95. The minimum Gasteiger partial charge on any atom is -0.350 e. The third-order valence-electron chi connectivity index (χ3n) is 3.67. The van der Waals surface area contributed by atoms with Crippen LogP contribution in [0.3, 0.4) is 0 Å². The normalized spacial score (nSPS) is 13.0. The van der Waals surface area contributed by atoms with Crippen molar-refractivity contribution in [2.75, 3.05) is 0 Å². The zero-order valence-electron chi connectivity index (χ0n) is 14.7. The van der Waals surface area contributed by atoms with Crippen LogP contribution in [-0.2, 0) is 21.4 Å². The minimum atomic E-state index is -3.75. The van der Waals surface area contributed by atoms with Gasteiger partial charge in [-0.05, 0) is 42.8 Å². The van der Waals surface area contributed by atoms with Gasteiger partial charge in [0.05, 0.1) is 11.4 Å². The quantitative estimate of drug-likeness (QED) is 0.739. The van der Waals surface area contributed by atoms with Gasteiger partial charge in [0.25, 0.3) is 0 Å². The van der Waals surface area contributed by atoms with Crippen molar-refractivity contribution < 1.29 is 13.2 Å². The fraction of sp³-hybridized carbons (Fsp3) is 0.389. The zero-order valence-corrected chi connectivity index (χ0v) is 16.3. The molecule has 0 bridgehead atoms. The number of carbonyl (C=O) groups excluding carboxylic acids is 1. The van der Waals surface area contributed by atoms with Crippen LogP contribution in [0.1, 0.15) is 30.7 Å². The Balaban J connectivity index is 2.10. The van der Waals surface area contributed by atoms with E-state index in [-0.39, 0.29) is 16.7 Å². The van der Waals surface area contributed by atoms with Crippen molar-refractivity contribution in [2.24, 2.45) is 5.92 Å². The maximum Gasteiger partial charge on any atom is 0.241 e. The van der Waals surface area contributed by atoms with Crippen LogP contribution in [0.15, 0.2) is 46.7 Å². The molecular weight excluding hydrogens is 356 g/mol. The van der Waals surface area contributed by atoms with E-state index in [1.807, 2.05) is 38.3 Å². The lowest BCUT2D eigenvalue weighted by Gasteiger charge is -2.20. The van der Waals surface area contributed by atoms with Gasteiger partial charge in [0.15, 0.2) is 0 Å². The van der Waals surface area contributed by atoms with Crippen molar-refractivity contribution in [1.82, 2.24) is 10.0 Å². The molecule has 0 aliphatic carbocycles. The Hall–Kier alpha value is -1.70. The molecule has 2 aromatic rings. The number of benzene rings is 1. The summed E-state index contributed by atoms with van der Waals surface area (Å²) in [5.74, 6) is -0.129. The van der Waals surface area contributed by atoms with Gasteiger partial charge in [-0.25, -0.2) is 8.42 Å². The summed E-state index contributed by atoms with van der Waals surface area (Å²) < 4.78 is 27.7. The number of sulfonamides is 1. The second-order valence-corrected chi connectivity index (χ2v) is 9.16. The minimum absolute atomic E-state index is 0.165. The molecule has 25 heavy (non-hydrogen) atoms. The molecule has 1 atom stereocenters. The first kappa shape index (κ1) is 19.6. The van der Waals surface area contributed by atoms with Gasteiger partial charge >= 0.3 is 0 Å². The molecule has 5 nitrogen and oxygen atoms in total. The van der Waals surface area contributed by atoms with Gasteiger partial charge < -0.3 is 5.32 Å². The predicted octanol–water partition coefficient (Wildman–Crippen LogP) is 3.07. The summed E-state index contributed by atoms with van der Waals surface area (Å²) in [6.07, 6.45) is 0.432. The summed E-state index contributed by atoms with van der Waals surface area (Å²) in [7, 11) is -3.75. The Bertz CT molecular complexity index is 782. The van der Waals surface area contributed by atoms with E-state index in [9.17, 15) is 13.2 Å². The number of nitrogens with one attached hydrogen (secondary N) is 2. The molecule has 1 amide bonds. The van der Waals surface area contributed by atoms with Gasteiger partial charge in [-0.3, -0.25) is 4.79 Å². The second kappa shape index (κ2) is 8.60. The average Bonchev–Trinajstić information content (AvgIpc) is 3.05. The third-order valence-corrected chi connectivity index (χ3v) is 6.03. The highest BCUT2D eigenvalue weighted by molar-refractivity contribution is 7.89. The molecule has 1 aromatic heterocycles. The highest BCUT2D eigenvalue weighted by Crippen LogP contribution is 2.14. The summed E-state index contributed by atoms with van der Waals surface area (Å²) in [5.41, 5.74) is 0.978. The topological polar surface area (TPSA) is 75.3 Å². The Morgan fingerprint density at radius 1 is 1.16 bits per heavy atom. The Morgan fingerprint density at radius 2 is 1.84 bits per heavy atom. The van der Waals surface area contributed by atoms with Crippen molar-refractivity contribution in [3.8, 4) is 0 Å². The molecule has 1 unspecified atom stereocenters. The van der Waals surface area contributed by atoms with Crippen molar-refractivity contribution in [3.63, 3.8) is 0 Å². The molecule has 2 rings (SSSR count). The van der Waals surface area contributed by atoms with Crippen LogP contribution in [0.4, 0.5) is 0 Å². The molecule has 2 N–H and O–H groups in total. The summed E-state index contributed by atoms with van der Waals surface area (Å²) in [5, 5.41) is 4.76. The van der Waals surface area contributed by atoms with E-state index in [1.165, 1.54) is 0 Å². The van der Waals surface area contributed by atoms with Gasteiger partial charge in [0.1, 0.15) is 6.04 Å². The Kier molecular flexibility index (Phi) is 6.75. The monoisotopic (exact) mass is 380 g/mol. The first-order valence-corrected chi connectivity index (χ1v) is 10.5. The van der Waals surface area contributed by atoms with Crippen LogP contribution in [-0.4, -0.2) is 20.4 Å². The summed E-state index contributed by atoms with van der Waals surface area (Å²) in [6, 6.07) is 9.62. The van der Waals surface area contributed by atoms with E-state index in [4.69, 9.17) is 0 Å². The van der Waals surface area contributed by atoms with E-state index in [2.05, 4.69) is 10.0 Å². The largest absolute Gasteiger partial charge is 0.350 e. The Labute approximate surface area is 153 Å². The van der Waals surface area contributed by atoms with E-state index in [0.717, 1.165) is 10.4 Å². The summed E-state index contributed by atoms with van der Waals surface area (Å²) in [4.78, 5) is 13.7. The van der Waals surface area contributed by atoms with Gasteiger partial charge in [0.2, 0.25) is 15.9 Å². The van der Waals surface area contributed by atoms with Crippen molar-refractivity contribution in [3.05, 3.63) is 52.2 Å². The maximum absolute atomic E-state index is 12.6. The highest BCUT2D eigenvalue weighted by Gasteiger charge is 2.26. The molecule has 0 saturated heterocycles. The molecule has 0 saturated carbocycles. The molecule has 0 fully saturated rings. The molecule has 1 aromatic carbocycles. The molecule has 136 valence electrons. The van der Waals surface area contributed by atoms with Crippen LogP contribution in [0.2, 0.25) is 0 Å². The molecule has 0 aliphatic rings. The molecular formula is C18H24N2O3S2. The van der Waals surface area contributed by atoms with Crippen LogP contribution in [0.5, 0.6) is 0 Å². The fourth-order valence-electron chi connectivity index (χ4n) is 2.36. The van der Waals surface area contributed by atoms with E-state index in [1.54, 1.807) is 35.6 Å². The number of hydrogen-bond donors (Lipinski definition) is 2. The van der Waals surface area contributed by atoms with Crippen LogP contribution in [0.25, 0.3) is 0 Å². The maximum atomic E-state index is 12.6. The number of hydrogen-bond acceptors (Lipinski definition) is 4. The first-order valence-electron chi connectivity index (χ1n) is 8.17. The van der Waals surface area contributed by atoms with Crippen LogP contribution >= 0.6 is 11.3 Å². The van der Waals surface area contributed by atoms with Gasteiger partial charge in [-0.15, -0.1) is 11.3 Å². The number of amides is 1. The number of rotatable bonds is 8. The van der Waals surface area contributed by atoms with Crippen molar-refractivity contribution >= 4 is 27.3 Å². The van der Waals surface area contributed by atoms with Crippen molar-refractivity contribution in [2.45, 2.75) is 44.7 Å². The fourth-order valence-corrected chi connectivity index (χ4v) is 4.22. The molecule has 1 heterocycles. The van der Waals surface area contributed by atoms with Crippen LogP contribution < -0.4 is 10.0 Å². The van der Waals surface area contributed by atoms with E-state index >= 15 is 0 Å². The number of aryl methyl sites for hydroxylation is 1. The van der Waals surface area contributed by atoms with Gasteiger partial charge in [-0.2, -0.15) is 4.72 Å². The molecule has 0 spiro atoms. The Morgan fingerprint density at radius 3 is 2.40 bits per heavy atom. The lowest BCUT2D eigenvalue weighted by atomic mass is 10.0. The smallest absolute Gasteiger partial charge is 0.241 e. The summed E-state index contributed by atoms with van der Waals surface area (Å²) in [6.45, 7) is 6.21. The van der Waals surface area contributed by atoms with E-state index < -0.39 is 16.1 Å². The molecule has 0 radical (unpaired) electrons. The number of carbonyl (C=O) groups is 1. The van der Waals surface area contributed by atoms with E-state index in [0.29, 0.717) is 13.0 Å². The second-order valence-electron chi connectivity index (χ2n) is 6.41. The summed E-state index contributed by atoms with van der Waals surface area (Å²) >= 11 is 1.55.